The molecule has 0 unspecified atom stereocenters. The molecule has 0 saturated carbocycles. The van der Waals surface area contributed by atoms with Gasteiger partial charge in [-0.3, -0.25) is 4.79 Å². The molecule has 1 aromatic carbocycles. The summed E-state index contributed by atoms with van der Waals surface area (Å²) in [5.74, 6) is 1.60. The molecule has 1 heterocycles. The van der Waals surface area contributed by atoms with Gasteiger partial charge in [0, 0.05) is 23.1 Å². The second-order valence-electron chi connectivity index (χ2n) is 4.76. The average Bonchev–Trinajstić information content (AvgIpc) is 2.81. The Labute approximate surface area is 129 Å². The molecule has 110 valence electrons. The summed E-state index contributed by atoms with van der Waals surface area (Å²) in [6.07, 6.45) is 5.40. The Bertz CT molecular complexity index is 641. The van der Waals surface area contributed by atoms with Gasteiger partial charge in [-0.05, 0) is 49.9 Å². The first-order valence-electron chi connectivity index (χ1n) is 6.74. The summed E-state index contributed by atoms with van der Waals surface area (Å²) in [5, 5.41) is 2.86. The highest BCUT2D eigenvalue weighted by Gasteiger charge is 2.05. The van der Waals surface area contributed by atoms with Gasteiger partial charge in [0.1, 0.15) is 11.5 Å². The van der Waals surface area contributed by atoms with E-state index in [4.69, 9.17) is 4.42 Å². The summed E-state index contributed by atoms with van der Waals surface area (Å²) in [4.78, 5) is 13.0. The molecule has 0 aliphatic heterocycles. The minimum absolute atomic E-state index is 0.109. The minimum atomic E-state index is -0.109. The van der Waals surface area contributed by atoms with Gasteiger partial charge in [0.2, 0.25) is 5.91 Å². The Balaban J connectivity index is 1.88. The second kappa shape index (κ2) is 7.18. The molecule has 1 aromatic heterocycles. The molecule has 0 bridgehead atoms. The van der Waals surface area contributed by atoms with E-state index in [2.05, 4.69) is 5.32 Å². The first kappa shape index (κ1) is 15.4. The van der Waals surface area contributed by atoms with Gasteiger partial charge < -0.3 is 9.73 Å². The van der Waals surface area contributed by atoms with E-state index in [1.807, 2.05) is 56.5 Å². The van der Waals surface area contributed by atoms with Crippen molar-refractivity contribution in [2.24, 2.45) is 0 Å². The van der Waals surface area contributed by atoms with Crippen LogP contribution in [0.1, 0.15) is 22.6 Å². The number of nitrogens with one attached hydrogen (secondary N) is 1. The maximum atomic E-state index is 11.8. The van der Waals surface area contributed by atoms with Crippen LogP contribution in [0, 0.1) is 13.8 Å². The highest BCUT2D eigenvalue weighted by Crippen LogP contribution is 2.15. The number of hydrogen-bond donors (Lipinski definition) is 1. The number of rotatable bonds is 5. The van der Waals surface area contributed by atoms with Crippen molar-refractivity contribution in [3.63, 3.8) is 0 Å². The highest BCUT2D eigenvalue weighted by molar-refractivity contribution is 7.98. The second-order valence-corrected chi connectivity index (χ2v) is 5.64. The summed E-state index contributed by atoms with van der Waals surface area (Å²) in [5.41, 5.74) is 2.02. The number of aryl methyl sites for hydroxylation is 2. The van der Waals surface area contributed by atoms with Gasteiger partial charge in [-0.2, -0.15) is 0 Å². The number of benzene rings is 1. The molecule has 0 aliphatic carbocycles. The summed E-state index contributed by atoms with van der Waals surface area (Å²) < 4.78 is 5.43. The van der Waals surface area contributed by atoms with Crippen LogP contribution in [0.5, 0.6) is 0 Å². The van der Waals surface area contributed by atoms with Crippen molar-refractivity contribution >= 4 is 23.7 Å². The maximum absolute atomic E-state index is 11.8. The molecule has 21 heavy (non-hydrogen) atoms. The number of furan rings is 1. The van der Waals surface area contributed by atoms with E-state index in [9.17, 15) is 4.79 Å². The monoisotopic (exact) mass is 301 g/mol. The van der Waals surface area contributed by atoms with Crippen molar-refractivity contribution in [2.75, 3.05) is 6.26 Å². The predicted molar refractivity (Wildman–Crippen MR) is 87.3 cm³/mol. The van der Waals surface area contributed by atoms with Crippen LogP contribution in [0.3, 0.4) is 0 Å². The largest absolute Gasteiger partial charge is 0.466 e. The first-order chi connectivity index (χ1) is 10.1. The number of carbonyl (C=O) groups is 1. The molecule has 1 amide bonds. The van der Waals surface area contributed by atoms with Crippen LogP contribution in [0.4, 0.5) is 0 Å². The Morgan fingerprint density at radius 1 is 1.29 bits per heavy atom. The van der Waals surface area contributed by atoms with Gasteiger partial charge in [-0.15, -0.1) is 11.8 Å². The van der Waals surface area contributed by atoms with Gasteiger partial charge >= 0.3 is 0 Å². The zero-order valence-corrected chi connectivity index (χ0v) is 13.3. The van der Waals surface area contributed by atoms with E-state index in [0.29, 0.717) is 6.54 Å². The van der Waals surface area contributed by atoms with Gasteiger partial charge in [0.05, 0.1) is 0 Å². The first-order valence-corrected chi connectivity index (χ1v) is 7.97. The third-order valence-electron chi connectivity index (χ3n) is 3.14. The van der Waals surface area contributed by atoms with Crippen LogP contribution in [0.2, 0.25) is 0 Å². The number of carbonyl (C=O) groups excluding carboxylic acids is 1. The van der Waals surface area contributed by atoms with Crippen LogP contribution < -0.4 is 5.32 Å². The molecular weight excluding hydrogens is 282 g/mol. The van der Waals surface area contributed by atoms with E-state index < -0.39 is 0 Å². The molecule has 0 spiro atoms. The Morgan fingerprint density at radius 2 is 2.00 bits per heavy atom. The molecule has 0 radical (unpaired) electrons. The lowest BCUT2D eigenvalue weighted by molar-refractivity contribution is -0.116. The van der Waals surface area contributed by atoms with E-state index >= 15 is 0 Å². The average molecular weight is 301 g/mol. The van der Waals surface area contributed by atoms with Crippen molar-refractivity contribution in [2.45, 2.75) is 25.3 Å². The fourth-order valence-electron chi connectivity index (χ4n) is 1.99. The predicted octanol–water partition coefficient (Wildman–Crippen LogP) is 3.95. The lowest BCUT2D eigenvalue weighted by Gasteiger charge is -2.01. The molecular formula is C17H19NO2S. The van der Waals surface area contributed by atoms with Gasteiger partial charge in [-0.25, -0.2) is 0 Å². The standard InChI is InChI=1S/C17H19NO2S/c1-12-10-15(13(2)20-12)11-18-17(19)9-6-14-4-7-16(21-3)8-5-14/h4-10H,11H2,1-3H3,(H,18,19). The molecule has 0 aliphatic rings. The van der Waals surface area contributed by atoms with E-state index in [1.54, 1.807) is 17.8 Å². The molecule has 2 aromatic rings. The lowest BCUT2D eigenvalue weighted by Crippen LogP contribution is -2.20. The van der Waals surface area contributed by atoms with Gasteiger partial charge in [0.15, 0.2) is 0 Å². The molecule has 3 nitrogen and oxygen atoms in total. The lowest BCUT2D eigenvalue weighted by atomic mass is 10.2. The Morgan fingerprint density at radius 3 is 2.57 bits per heavy atom. The smallest absolute Gasteiger partial charge is 0.244 e. The number of hydrogen-bond acceptors (Lipinski definition) is 3. The van der Waals surface area contributed by atoms with E-state index in [0.717, 1.165) is 22.6 Å². The van der Waals surface area contributed by atoms with Crippen LogP contribution in [-0.2, 0) is 11.3 Å². The van der Waals surface area contributed by atoms with E-state index in [-0.39, 0.29) is 5.91 Å². The summed E-state index contributed by atoms with van der Waals surface area (Å²) >= 11 is 1.70. The molecule has 4 heteroatoms. The molecule has 2 rings (SSSR count). The molecule has 1 N–H and O–H groups in total. The normalized spacial score (nSPS) is 11.0. The van der Waals surface area contributed by atoms with Crippen LogP contribution in [0.25, 0.3) is 6.08 Å². The fourth-order valence-corrected chi connectivity index (χ4v) is 2.40. The zero-order valence-electron chi connectivity index (χ0n) is 12.5. The van der Waals surface area contributed by atoms with Crippen molar-refractivity contribution in [3.05, 3.63) is 59.1 Å². The summed E-state index contributed by atoms with van der Waals surface area (Å²) in [6, 6.07) is 10.0. The van der Waals surface area contributed by atoms with Crippen LogP contribution >= 0.6 is 11.8 Å². The summed E-state index contributed by atoms with van der Waals surface area (Å²) in [6.45, 7) is 4.28. The summed E-state index contributed by atoms with van der Waals surface area (Å²) in [7, 11) is 0. The third kappa shape index (κ3) is 4.53. The van der Waals surface area contributed by atoms with Crippen LogP contribution in [0.15, 0.2) is 45.7 Å². The molecule has 0 fully saturated rings. The van der Waals surface area contributed by atoms with Crippen molar-refractivity contribution in [1.29, 1.82) is 0 Å². The van der Waals surface area contributed by atoms with Crippen molar-refractivity contribution in [1.82, 2.24) is 5.32 Å². The SMILES string of the molecule is CSc1ccc(C=CC(=O)NCc2cc(C)oc2C)cc1. The molecule has 0 saturated heterocycles. The molecule has 0 atom stereocenters. The van der Waals surface area contributed by atoms with Gasteiger partial charge in [0.25, 0.3) is 0 Å². The van der Waals surface area contributed by atoms with E-state index in [1.165, 1.54) is 4.90 Å². The quantitative estimate of drug-likeness (QED) is 0.671. The van der Waals surface area contributed by atoms with Crippen molar-refractivity contribution in [3.8, 4) is 0 Å². The topological polar surface area (TPSA) is 42.2 Å². The third-order valence-corrected chi connectivity index (χ3v) is 3.88. The minimum Gasteiger partial charge on any atom is -0.466 e. The Hall–Kier alpha value is -1.94. The number of amides is 1. The maximum Gasteiger partial charge on any atom is 0.244 e. The van der Waals surface area contributed by atoms with Crippen molar-refractivity contribution < 1.29 is 9.21 Å². The zero-order chi connectivity index (χ0) is 15.2. The highest BCUT2D eigenvalue weighted by atomic mass is 32.2. The van der Waals surface area contributed by atoms with Crippen LogP contribution in [-0.4, -0.2) is 12.2 Å². The van der Waals surface area contributed by atoms with Gasteiger partial charge in [-0.1, -0.05) is 12.1 Å². The fraction of sp³-hybridized carbons (Fsp3) is 0.235. The number of thioether (sulfide) groups is 1. The Kier molecular flexibility index (Phi) is 5.28.